The van der Waals surface area contributed by atoms with Crippen LogP contribution >= 0.6 is 23.4 Å². The molecule has 10 heteroatoms. The number of aromatic nitrogens is 3. The van der Waals surface area contributed by atoms with Gasteiger partial charge in [-0.15, -0.1) is 5.10 Å². The van der Waals surface area contributed by atoms with E-state index in [-0.39, 0.29) is 17.2 Å². The number of carboxylic acid groups (broad SMARTS) is 1. The third-order valence-electron chi connectivity index (χ3n) is 4.99. The van der Waals surface area contributed by atoms with Crippen LogP contribution in [-0.2, 0) is 4.79 Å². The molecule has 4 aromatic rings. The van der Waals surface area contributed by atoms with E-state index in [1.807, 2.05) is 47.9 Å². The van der Waals surface area contributed by atoms with Crippen LogP contribution in [0.2, 0.25) is 5.02 Å². The highest BCUT2D eigenvalue weighted by molar-refractivity contribution is 7.99. The number of carboxylic acids is 1. The van der Waals surface area contributed by atoms with Crippen molar-refractivity contribution >= 4 is 41.5 Å². The fraction of sp³-hybridized carbons (Fsp3) is 0.0800. The summed E-state index contributed by atoms with van der Waals surface area (Å²) in [4.78, 5) is 23.6. The highest BCUT2D eigenvalue weighted by Crippen LogP contribution is 2.21. The van der Waals surface area contributed by atoms with Gasteiger partial charge in [0.2, 0.25) is 0 Å². The average molecular weight is 506 g/mol. The molecule has 4 rings (SSSR count). The van der Waals surface area contributed by atoms with Crippen molar-refractivity contribution in [2.45, 2.75) is 12.1 Å². The van der Waals surface area contributed by atoms with Crippen molar-refractivity contribution in [2.75, 3.05) is 5.75 Å². The quantitative estimate of drug-likeness (QED) is 0.165. The summed E-state index contributed by atoms with van der Waals surface area (Å²) in [5.41, 5.74) is 5.64. The Morgan fingerprint density at radius 1 is 1.11 bits per heavy atom. The lowest BCUT2D eigenvalue weighted by atomic mass is 10.1. The second-order valence-electron chi connectivity index (χ2n) is 7.49. The van der Waals surface area contributed by atoms with Gasteiger partial charge in [-0.1, -0.05) is 53.6 Å². The maximum absolute atomic E-state index is 12.4. The van der Waals surface area contributed by atoms with Gasteiger partial charge in [0.1, 0.15) is 5.69 Å². The largest absolute Gasteiger partial charge is 0.545 e. The number of amides is 1. The number of rotatable bonds is 8. The van der Waals surface area contributed by atoms with Crippen LogP contribution in [-0.4, -0.2) is 34.0 Å². The lowest BCUT2D eigenvalue weighted by Gasteiger charge is -2.06. The second kappa shape index (κ2) is 11.0. The van der Waals surface area contributed by atoms with Gasteiger partial charge in [0, 0.05) is 16.1 Å². The van der Waals surface area contributed by atoms with Gasteiger partial charge in [-0.25, -0.2) is 5.43 Å². The van der Waals surface area contributed by atoms with Crippen LogP contribution in [0, 0.1) is 6.92 Å². The van der Waals surface area contributed by atoms with Gasteiger partial charge in [-0.3, -0.25) is 4.79 Å². The van der Waals surface area contributed by atoms with Crippen LogP contribution in [0.4, 0.5) is 0 Å². The van der Waals surface area contributed by atoms with Gasteiger partial charge >= 0.3 is 5.16 Å². The topological polar surface area (TPSA) is 114 Å². The van der Waals surface area contributed by atoms with Crippen LogP contribution in [0.5, 0.6) is 0 Å². The Bertz CT molecular complexity index is 1390. The molecule has 0 unspecified atom stereocenters. The van der Waals surface area contributed by atoms with Gasteiger partial charge in [-0.2, -0.15) is 9.67 Å². The van der Waals surface area contributed by atoms with Gasteiger partial charge in [-0.05, 0) is 55.1 Å². The number of carbonyl (C=O) groups is 2. The molecule has 0 saturated heterocycles. The molecule has 0 aliphatic rings. The highest BCUT2D eigenvalue weighted by atomic mass is 35.5. The number of aromatic amines is 1. The number of hydrazone groups is 1. The molecule has 0 bridgehead atoms. The molecule has 3 aromatic carbocycles. The Kier molecular flexibility index (Phi) is 7.59. The molecule has 0 atom stereocenters. The predicted molar refractivity (Wildman–Crippen MR) is 133 cm³/mol. The SMILES string of the molecule is Cc1ccc(-c2[nH]nc(SCC(=O)N/N=C/c3ccccc3C(=O)[O-])[n+]2-c2ccc(Cl)cc2)cc1. The molecular formula is C25H20ClN5O3S. The Balaban J connectivity index is 1.51. The number of carbonyl (C=O) groups excluding carboxylic acids is 2. The molecule has 1 heterocycles. The van der Waals surface area contributed by atoms with Gasteiger partial charge in [0.25, 0.3) is 11.7 Å². The first-order valence-corrected chi connectivity index (χ1v) is 11.9. The minimum Gasteiger partial charge on any atom is -0.545 e. The number of nitrogens with one attached hydrogen (secondary N) is 2. The van der Waals surface area contributed by atoms with E-state index in [4.69, 9.17) is 11.6 Å². The van der Waals surface area contributed by atoms with Crippen molar-refractivity contribution in [3.05, 3.63) is 94.5 Å². The molecule has 0 aliphatic carbocycles. The number of hydrogen-bond donors (Lipinski definition) is 2. The number of aromatic carboxylic acids is 1. The maximum Gasteiger partial charge on any atom is 0.342 e. The molecule has 0 aliphatic heterocycles. The summed E-state index contributed by atoms with van der Waals surface area (Å²) in [6.45, 7) is 2.02. The summed E-state index contributed by atoms with van der Waals surface area (Å²) in [5.74, 6) is -0.902. The zero-order valence-electron chi connectivity index (χ0n) is 18.6. The van der Waals surface area contributed by atoms with E-state index < -0.39 is 5.97 Å². The maximum atomic E-state index is 12.4. The molecule has 0 saturated carbocycles. The zero-order chi connectivity index (χ0) is 24.8. The third kappa shape index (κ3) is 5.95. The fourth-order valence-electron chi connectivity index (χ4n) is 3.26. The highest BCUT2D eigenvalue weighted by Gasteiger charge is 2.24. The van der Waals surface area contributed by atoms with E-state index >= 15 is 0 Å². The Morgan fingerprint density at radius 2 is 1.83 bits per heavy atom. The number of thioether (sulfide) groups is 1. The Morgan fingerprint density at radius 3 is 2.54 bits per heavy atom. The molecule has 1 aromatic heterocycles. The molecule has 8 nitrogen and oxygen atoms in total. The number of benzene rings is 3. The van der Waals surface area contributed by atoms with Crippen molar-refractivity contribution in [3.63, 3.8) is 0 Å². The van der Waals surface area contributed by atoms with E-state index in [9.17, 15) is 14.7 Å². The Hall–Kier alpha value is -3.95. The first kappa shape index (κ1) is 24.2. The van der Waals surface area contributed by atoms with Crippen molar-refractivity contribution in [1.29, 1.82) is 0 Å². The van der Waals surface area contributed by atoms with Crippen molar-refractivity contribution in [1.82, 2.24) is 15.6 Å². The number of nitrogens with zero attached hydrogens (tertiary/aromatic N) is 3. The lowest BCUT2D eigenvalue weighted by Crippen LogP contribution is -2.34. The summed E-state index contributed by atoms with van der Waals surface area (Å²) in [6.07, 6.45) is 1.27. The molecule has 0 fully saturated rings. The summed E-state index contributed by atoms with van der Waals surface area (Å²) in [7, 11) is 0. The monoisotopic (exact) mass is 505 g/mol. The van der Waals surface area contributed by atoms with Crippen LogP contribution in [0.1, 0.15) is 21.5 Å². The number of halogens is 1. The van der Waals surface area contributed by atoms with E-state index in [1.54, 1.807) is 30.3 Å². The van der Waals surface area contributed by atoms with Crippen LogP contribution in [0.3, 0.4) is 0 Å². The molecule has 35 heavy (non-hydrogen) atoms. The lowest BCUT2D eigenvalue weighted by molar-refractivity contribution is -0.625. The van der Waals surface area contributed by atoms with Crippen LogP contribution < -0.4 is 15.1 Å². The van der Waals surface area contributed by atoms with Crippen molar-refractivity contribution in [2.24, 2.45) is 5.10 Å². The first-order valence-electron chi connectivity index (χ1n) is 10.5. The minimum absolute atomic E-state index is 0.0101. The smallest absolute Gasteiger partial charge is 0.342 e. The molecule has 176 valence electrons. The molecule has 1 amide bonds. The first-order chi connectivity index (χ1) is 16.9. The summed E-state index contributed by atoms with van der Waals surface area (Å²) >= 11 is 7.29. The van der Waals surface area contributed by atoms with E-state index in [0.717, 1.165) is 22.6 Å². The number of aryl methyl sites for hydroxylation is 1. The van der Waals surface area contributed by atoms with Crippen LogP contribution in [0.25, 0.3) is 17.1 Å². The minimum atomic E-state index is -1.32. The number of H-pyrrole nitrogens is 1. The van der Waals surface area contributed by atoms with Crippen molar-refractivity contribution in [3.8, 4) is 17.1 Å². The van der Waals surface area contributed by atoms with E-state index in [2.05, 4.69) is 20.7 Å². The van der Waals surface area contributed by atoms with Crippen LogP contribution in [0.15, 0.2) is 83.1 Å². The molecular weight excluding hydrogens is 486 g/mol. The van der Waals surface area contributed by atoms with Crippen molar-refractivity contribution < 1.29 is 19.3 Å². The van der Waals surface area contributed by atoms with Gasteiger partial charge in [0.15, 0.2) is 0 Å². The molecule has 0 spiro atoms. The zero-order valence-corrected chi connectivity index (χ0v) is 20.1. The van der Waals surface area contributed by atoms with Gasteiger partial charge in [0.05, 0.1) is 28.6 Å². The summed E-state index contributed by atoms with van der Waals surface area (Å²) in [5, 5.41) is 23.7. The average Bonchev–Trinajstić information content (AvgIpc) is 3.28. The number of hydrogen-bond acceptors (Lipinski definition) is 6. The second-order valence-corrected chi connectivity index (χ2v) is 8.87. The van der Waals surface area contributed by atoms with E-state index in [1.165, 1.54) is 24.0 Å². The van der Waals surface area contributed by atoms with E-state index in [0.29, 0.717) is 15.7 Å². The van der Waals surface area contributed by atoms with Gasteiger partial charge < -0.3 is 9.90 Å². The summed E-state index contributed by atoms with van der Waals surface area (Å²) < 4.78 is 1.91. The Labute approximate surface area is 210 Å². The fourth-order valence-corrected chi connectivity index (χ4v) is 4.15. The predicted octanol–water partition coefficient (Wildman–Crippen LogP) is 2.92. The standard InChI is InChI=1S/C25H20ClN5O3S/c1-16-6-8-17(9-7-16)23-29-30-25(31(23)20-12-10-19(26)11-13-20)35-15-22(32)28-27-14-18-4-2-3-5-21(18)24(33)34/h2-14H,15H2,1H3,(H2,28,32,33,34)/b27-14+. The normalized spacial score (nSPS) is 11.0. The third-order valence-corrected chi connectivity index (χ3v) is 6.18. The molecule has 2 N–H and O–H groups in total. The molecule has 0 radical (unpaired) electrons. The summed E-state index contributed by atoms with van der Waals surface area (Å²) in [6, 6.07) is 21.6.